The van der Waals surface area contributed by atoms with Crippen LogP contribution in [0.25, 0.3) is 0 Å². The van der Waals surface area contributed by atoms with E-state index in [1.54, 1.807) is 0 Å². The molecule has 1 rings (SSSR count). The molecule has 0 saturated heterocycles. The van der Waals surface area contributed by atoms with Crippen molar-refractivity contribution in [2.75, 3.05) is 0 Å². The number of nitrogens with zero attached hydrogens (tertiary/aromatic N) is 1. The lowest BCUT2D eigenvalue weighted by Gasteiger charge is -1.97. The first kappa shape index (κ1) is 6.93. The lowest BCUT2D eigenvalue weighted by molar-refractivity contribution is 1.16. The van der Waals surface area contributed by atoms with Crippen molar-refractivity contribution in [3.8, 4) is 0 Å². The van der Waals surface area contributed by atoms with Gasteiger partial charge in [0, 0.05) is 23.7 Å². The Kier molecular flexibility index (Phi) is 1.81. The van der Waals surface area contributed by atoms with E-state index in [2.05, 4.69) is 4.98 Å². The van der Waals surface area contributed by atoms with E-state index >= 15 is 0 Å². The molecule has 0 fully saturated rings. The van der Waals surface area contributed by atoms with Gasteiger partial charge in [-0.15, -0.1) is 0 Å². The maximum absolute atomic E-state index is 7.02. The summed E-state index contributed by atoms with van der Waals surface area (Å²) in [5.74, 6) is 0. The molecule has 52 valence electrons. The third kappa shape index (κ3) is 1.21. The Morgan fingerprint density at radius 1 is 1.50 bits per heavy atom. The molecule has 0 spiro atoms. The van der Waals surface area contributed by atoms with Gasteiger partial charge < -0.3 is 5.41 Å². The Bertz CT molecular complexity index is 253. The zero-order valence-corrected chi connectivity index (χ0v) is 6.18. The molecule has 2 nitrogen and oxygen atoms in total. The largest absolute Gasteiger partial charge is 0.308 e. The highest BCUT2D eigenvalue weighted by Crippen LogP contribution is 2.03. The fourth-order valence-electron chi connectivity index (χ4n) is 0.806. The molecule has 0 bridgehead atoms. The van der Waals surface area contributed by atoms with Crippen LogP contribution in [-0.4, -0.2) is 11.2 Å². The highest BCUT2D eigenvalue weighted by atomic mass is 14.7. The molecule has 0 saturated carbocycles. The van der Waals surface area contributed by atoms with Crippen molar-refractivity contribution in [1.29, 1.82) is 5.41 Å². The van der Waals surface area contributed by atoms with Gasteiger partial charge in [-0.3, -0.25) is 4.98 Å². The molecule has 0 amide bonds. The lowest BCUT2D eigenvalue weighted by atomic mass is 10.2. The summed E-state index contributed by atoms with van der Waals surface area (Å²) in [7, 11) is 0. The van der Waals surface area contributed by atoms with Gasteiger partial charge in [-0.1, -0.05) is 0 Å². The molecule has 0 aliphatic heterocycles. The third-order valence-corrected chi connectivity index (χ3v) is 1.42. The molecule has 1 aromatic rings. The second-order valence-corrected chi connectivity index (χ2v) is 2.33. The van der Waals surface area contributed by atoms with E-state index < -0.39 is 0 Å². The third-order valence-electron chi connectivity index (χ3n) is 1.42. The van der Waals surface area contributed by atoms with Crippen LogP contribution in [-0.2, 0) is 0 Å². The van der Waals surface area contributed by atoms with E-state index in [4.69, 9.17) is 5.41 Å². The number of pyridine rings is 1. The molecule has 1 heterocycles. The zero-order valence-electron chi connectivity index (χ0n) is 6.18. The number of aromatic nitrogens is 1. The summed E-state index contributed by atoms with van der Waals surface area (Å²) in [6.45, 7) is 3.87. The molecule has 0 radical (unpaired) electrons. The summed E-state index contributed by atoms with van der Waals surface area (Å²) in [6.07, 6.45) is 3.14. The summed E-state index contributed by atoms with van der Waals surface area (Å²) < 4.78 is 0. The first-order chi connectivity index (χ1) is 4.74. The highest BCUT2D eigenvalue weighted by Gasteiger charge is 1.93. The Hall–Kier alpha value is -1.18. The quantitative estimate of drug-likeness (QED) is 0.583. The summed E-state index contributed by atoms with van der Waals surface area (Å²) in [5, 5.41) is 7.02. The van der Waals surface area contributed by atoms with Gasteiger partial charge in [-0.05, 0) is 25.5 Å². The Balaban J connectivity index is 3.21. The van der Waals surface area contributed by atoms with Crippen molar-refractivity contribution in [2.24, 2.45) is 0 Å². The molecule has 0 unspecified atom stereocenters. The van der Waals surface area contributed by atoms with Crippen LogP contribution in [0.4, 0.5) is 0 Å². The summed E-state index contributed by atoms with van der Waals surface area (Å²) >= 11 is 0. The molecule has 0 aromatic carbocycles. The van der Waals surface area contributed by atoms with E-state index in [-0.39, 0.29) is 0 Å². The van der Waals surface area contributed by atoms with Crippen LogP contribution < -0.4 is 0 Å². The van der Waals surface area contributed by atoms with E-state index in [9.17, 15) is 0 Å². The molecular formula is C8H10N2. The Morgan fingerprint density at radius 2 is 2.20 bits per heavy atom. The van der Waals surface area contributed by atoms with Gasteiger partial charge in [-0.2, -0.15) is 0 Å². The summed E-state index contributed by atoms with van der Waals surface area (Å²) in [5.41, 5.74) is 2.92. The predicted molar refractivity (Wildman–Crippen MR) is 41.6 cm³/mol. The van der Waals surface area contributed by atoms with E-state index in [1.807, 2.05) is 26.1 Å². The number of aryl methyl sites for hydroxylation is 2. The maximum atomic E-state index is 7.02. The summed E-state index contributed by atoms with van der Waals surface area (Å²) in [4.78, 5) is 4.10. The van der Waals surface area contributed by atoms with Gasteiger partial charge in [0.25, 0.3) is 0 Å². The topological polar surface area (TPSA) is 36.7 Å². The second-order valence-electron chi connectivity index (χ2n) is 2.33. The van der Waals surface area contributed by atoms with Crippen molar-refractivity contribution < 1.29 is 0 Å². The SMILES string of the molecule is Cc1cnc(C)c(C=N)c1. The van der Waals surface area contributed by atoms with Crippen LogP contribution in [0.2, 0.25) is 0 Å². The fourth-order valence-corrected chi connectivity index (χ4v) is 0.806. The van der Waals surface area contributed by atoms with Crippen LogP contribution >= 0.6 is 0 Å². The van der Waals surface area contributed by atoms with Crippen LogP contribution in [0.5, 0.6) is 0 Å². The van der Waals surface area contributed by atoms with Gasteiger partial charge in [0.15, 0.2) is 0 Å². The first-order valence-electron chi connectivity index (χ1n) is 3.18. The van der Waals surface area contributed by atoms with Crippen molar-refractivity contribution in [3.63, 3.8) is 0 Å². The lowest BCUT2D eigenvalue weighted by Crippen LogP contribution is -1.90. The fraction of sp³-hybridized carbons (Fsp3) is 0.250. The number of hydrogen-bond donors (Lipinski definition) is 1. The molecular weight excluding hydrogens is 124 g/mol. The minimum Gasteiger partial charge on any atom is -0.308 e. The smallest absolute Gasteiger partial charge is 0.0460 e. The van der Waals surface area contributed by atoms with E-state index in [0.717, 1.165) is 16.8 Å². The molecule has 0 aliphatic carbocycles. The molecule has 10 heavy (non-hydrogen) atoms. The number of nitrogens with one attached hydrogen (secondary N) is 1. The highest BCUT2D eigenvalue weighted by molar-refractivity contribution is 5.78. The Morgan fingerprint density at radius 3 is 2.70 bits per heavy atom. The molecule has 2 heteroatoms. The monoisotopic (exact) mass is 134 g/mol. The van der Waals surface area contributed by atoms with Gasteiger partial charge >= 0.3 is 0 Å². The molecule has 1 aromatic heterocycles. The first-order valence-corrected chi connectivity index (χ1v) is 3.18. The predicted octanol–water partition coefficient (Wildman–Crippen LogP) is 1.70. The van der Waals surface area contributed by atoms with Crippen LogP contribution in [0, 0.1) is 19.3 Å². The molecule has 1 N–H and O–H groups in total. The minimum atomic E-state index is 0.903. The Labute approximate surface area is 60.4 Å². The van der Waals surface area contributed by atoms with Crippen molar-refractivity contribution >= 4 is 6.21 Å². The average molecular weight is 134 g/mol. The number of rotatable bonds is 1. The van der Waals surface area contributed by atoms with Gasteiger partial charge in [0.05, 0.1) is 0 Å². The van der Waals surface area contributed by atoms with Crippen molar-refractivity contribution in [1.82, 2.24) is 4.98 Å². The van der Waals surface area contributed by atoms with E-state index in [1.165, 1.54) is 6.21 Å². The van der Waals surface area contributed by atoms with Crippen molar-refractivity contribution in [2.45, 2.75) is 13.8 Å². The standard InChI is InChI=1S/C8H10N2/c1-6-3-8(4-9)7(2)10-5-6/h3-5,9H,1-2H3. The van der Waals surface area contributed by atoms with Crippen LogP contribution in [0.15, 0.2) is 12.3 Å². The average Bonchev–Trinajstić information content (AvgIpc) is 1.94. The number of hydrogen-bond acceptors (Lipinski definition) is 2. The van der Waals surface area contributed by atoms with Gasteiger partial charge in [-0.25, -0.2) is 0 Å². The van der Waals surface area contributed by atoms with Crippen molar-refractivity contribution in [3.05, 3.63) is 29.1 Å². The molecule has 0 aliphatic rings. The van der Waals surface area contributed by atoms with Crippen LogP contribution in [0.1, 0.15) is 16.8 Å². The summed E-state index contributed by atoms with van der Waals surface area (Å²) in [6, 6.07) is 1.95. The maximum Gasteiger partial charge on any atom is 0.0460 e. The normalized spacial score (nSPS) is 9.40. The van der Waals surface area contributed by atoms with Gasteiger partial charge in [0.1, 0.15) is 0 Å². The second kappa shape index (κ2) is 2.60. The zero-order chi connectivity index (χ0) is 7.56. The minimum absolute atomic E-state index is 0.903. The van der Waals surface area contributed by atoms with E-state index in [0.29, 0.717) is 0 Å². The van der Waals surface area contributed by atoms with Crippen LogP contribution in [0.3, 0.4) is 0 Å². The molecule has 0 atom stereocenters. The van der Waals surface area contributed by atoms with Gasteiger partial charge in [0.2, 0.25) is 0 Å².